The lowest BCUT2D eigenvalue weighted by Crippen LogP contribution is -2.08. The zero-order valence-electron chi connectivity index (χ0n) is 9.86. The molecule has 0 unspecified atom stereocenters. The van der Waals surface area contributed by atoms with Gasteiger partial charge < -0.3 is 9.84 Å². The van der Waals surface area contributed by atoms with Crippen molar-refractivity contribution in [3.63, 3.8) is 0 Å². The van der Waals surface area contributed by atoms with Gasteiger partial charge in [-0.1, -0.05) is 20.8 Å². The molecule has 0 bridgehead atoms. The number of rotatable bonds is 5. The van der Waals surface area contributed by atoms with Crippen LogP contribution in [0.15, 0.2) is 12.1 Å². The largest absolute Gasteiger partial charge is 0.478 e. The Bertz CT molecular complexity index is 375. The number of carboxylic acids is 1. The molecule has 0 amide bonds. The fraction of sp³-hybridized carbons (Fsp3) is 0.500. The molecule has 0 saturated heterocycles. The van der Waals surface area contributed by atoms with E-state index in [1.807, 2.05) is 20.8 Å². The quantitative estimate of drug-likeness (QED) is 0.832. The van der Waals surface area contributed by atoms with Crippen molar-refractivity contribution >= 4 is 5.97 Å². The second-order valence-electron chi connectivity index (χ2n) is 4.05. The Morgan fingerprint density at radius 3 is 2.69 bits per heavy atom. The summed E-state index contributed by atoms with van der Waals surface area (Å²) >= 11 is 0. The Morgan fingerprint density at radius 1 is 1.50 bits per heavy atom. The molecule has 0 aliphatic rings. The van der Waals surface area contributed by atoms with Crippen molar-refractivity contribution in [1.82, 2.24) is 4.98 Å². The van der Waals surface area contributed by atoms with Crippen LogP contribution in [-0.2, 0) is 6.42 Å². The molecule has 0 fully saturated rings. The molecule has 1 N–H and O–H groups in total. The van der Waals surface area contributed by atoms with Crippen LogP contribution in [0.5, 0.6) is 5.88 Å². The molecule has 4 heteroatoms. The zero-order chi connectivity index (χ0) is 12.1. The average Bonchev–Trinajstić information content (AvgIpc) is 2.25. The molecule has 0 saturated carbocycles. The van der Waals surface area contributed by atoms with E-state index in [4.69, 9.17) is 9.84 Å². The highest BCUT2D eigenvalue weighted by molar-refractivity contribution is 5.88. The maximum absolute atomic E-state index is 10.9. The van der Waals surface area contributed by atoms with E-state index in [1.54, 1.807) is 6.07 Å². The minimum atomic E-state index is -0.952. The molecule has 0 radical (unpaired) electrons. The number of carboxylic acid groups (broad SMARTS) is 1. The summed E-state index contributed by atoms with van der Waals surface area (Å²) in [5.74, 6) is -0.169. The van der Waals surface area contributed by atoms with E-state index in [2.05, 4.69) is 4.98 Å². The molecular weight excluding hydrogens is 206 g/mol. The van der Waals surface area contributed by atoms with Gasteiger partial charge in [0.15, 0.2) is 0 Å². The maximum Gasteiger partial charge on any atom is 0.335 e. The first kappa shape index (κ1) is 12.5. The van der Waals surface area contributed by atoms with Crippen LogP contribution in [-0.4, -0.2) is 22.7 Å². The molecule has 4 nitrogen and oxygen atoms in total. The van der Waals surface area contributed by atoms with Crippen LogP contribution in [0.2, 0.25) is 0 Å². The van der Waals surface area contributed by atoms with E-state index in [-0.39, 0.29) is 5.56 Å². The molecule has 0 aromatic carbocycles. The Hall–Kier alpha value is -1.58. The SMILES string of the molecule is CCc1cc(C(=O)O)cc(OCC(C)C)n1. The van der Waals surface area contributed by atoms with Crippen LogP contribution in [0, 0.1) is 5.92 Å². The number of aryl methyl sites for hydroxylation is 1. The summed E-state index contributed by atoms with van der Waals surface area (Å²) in [6.07, 6.45) is 0.694. The molecule has 1 aromatic rings. The molecule has 1 aromatic heterocycles. The van der Waals surface area contributed by atoms with Gasteiger partial charge in [-0.05, 0) is 18.4 Å². The number of hydrogen-bond donors (Lipinski definition) is 1. The van der Waals surface area contributed by atoms with Gasteiger partial charge in [-0.3, -0.25) is 0 Å². The van der Waals surface area contributed by atoms with Crippen molar-refractivity contribution in [2.75, 3.05) is 6.61 Å². The third kappa shape index (κ3) is 3.53. The summed E-state index contributed by atoms with van der Waals surface area (Å²) in [4.78, 5) is 15.1. The van der Waals surface area contributed by atoms with E-state index in [0.717, 1.165) is 5.69 Å². The second kappa shape index (κ2) is 5.49. The van der Waals surface area contributed by atoms with Crippen molar-refractivity contribution in [1.29, 1.82) is 0 Å². The fourth-order valence-electron chi connectivity index (χ4n) is 1.19. The maximum atomic E-state index is 10.9. The summed E-state index contributed by atoms with van der Waals surface area (Å²) < 4.78 is 5.43. The number of carbonyl (C=O) groups is 1. The standard InChI is InChI=1S/C12H17NO3/c1-4-10-5-9(12(14)15)6-11(13-10)16-7-8(2)3/h5-6,8H,4,7H2,1-3H3,(H,14,15). The summed E-state index contributed by atoms with van der Waals surface area (Å²) in [5.41, 5.74) is 0.962. The lowest BCUT2D eigenvalue weighted by atomic mass is 10.2. The zero-order valence-corrected chi connectivity index (χ0v) is 9.86. The number of nitrogens with zero attached hydrogens (tertiary/aromatic N) is 1. The van der Waals surface area contributed by atoms with Crippen molar-refractivity contribution in [3.05, 3.63) is 23.4 Å². The summed E-state index contributed by atoms with van der Waals surface area (Å²) in [6, 6.07) is 3.04. The second-order valence-corrected chi connectivity index (χ2v) is 4.05. The molecule has 1 rings (SSSR count). The fourth-order valence-corrected chi connectivity index (χ4v) is 1.19. The summed E-state index contributed by atoms with van der Waals surface area (Å²) in [5, 5.41) is 8.92. The molecule has 0 aliphatic heterocycles. The monoisotopic (exact) mass is 223 g/mol. The predicted molar refractivity (Wildman–Crippen MR) is 60.9 cm³/mol. The summed E-state index contributed by atoms with van der Waals surface area (Å²) in [7, 11) is 0. The highest BCUT2D eigenvalue weighted by atomic mass is 16.5. The van der Waals surface area contributed by atoms with Crippen LogP contribution in [0.3, 0.4) is 0 Å². The highest BCUT2D eigenvalue weighted by Gasteiger charge is 2.08. The van der Waals surface area contributed by atoms with E-state index in [0.29, 0.717) is 24.8 Å². The van der Waals surface area contributed by atoms with E-state index >= 15 is 0 Å². The molecule has 0 spiro atoms. The number of ether oxygens (including phenoxy) is 1. The van der Waals surface area contributed by atoms with Gasteiger partial charge in [-0.2, -0.15) is 0 Å². The number of aromatic nitrogens is 1. The lowest BCUT2D eigenvalue weighted by molar-refractivity contribution is 0.0696. The van der Waals surface area contributed by atoms with Crippen molar-refractivity contribution < 1.29 is 14.6 Å². The molecule has 0 atom stereocenters. The molecule has 16 heavy (non-hydrogen) atoms. The van der Waals surface area contributed by atoms with Crippen LogP contribution in [0.25, 0.3) is 0 Å². The average molecular weight is 223 g/mol. The predicted octanol–water partition coefficient (Wildman–Crippen LogP) is 2.38. The lowest BCUT2D eigenvalue weighted by Gasteiger charge is -2.09. The van der Waals surface area contributed by atoms with Crippen molar-refractivity contribution in [2.45, 2.75) is 27.2 Å². The van der Waals surface area contributed by atoms with Gasteiger partial charge in [0.05, 0.1) is 12.2 Å². The minimum absolute atomic E-state index is 0.227. The van der Waals surface area contributed by atoms with Gasteiger partial charge >= 0.3 is 5.97 Å². The smallest absolute Gasteiger partial charge is 0.335 e. The van der Waals surface area contributed by atoms with Crippen molar-refractivity contribution in [3.8, 4) is 5.88 Å². The third-order valence-corrected chi connectivity index (χ3v) is 2.03. The number of pyridine rings is 1. The Balaban J connectivity index is 2.90. The van der Waals surface area contributed by atoms with Crippen LogP contribution >= 0.6 is 0 Å². The number of hydrogen-bond acceptors (Lipinski definition) is 3. The first-order valence-corrected chi connectivity index (χ1v) is 5.40. The Labute approximate surface area is 95.3 Å². The van der Waals surface area contributed by atoms with Crippen LogP contribution < -0.4 is 4.74 Å². The van der Waals surface area contributed by atoms with E-state index < -0.39 is 5.97 Å². The third-order valence-electron chi connectivity index (χ3n) is 2.03. The normalized spacial score (nSPS) is 10.5. The van der Waals surface area contributed by atoms with Gasteiger partial charge in [-0.15, -0.1) is 0 Å². The van der Waals surface area contributed by atoms with E-state index in [9.17, 15) is 4.79 Å². The summed E-state index contributed by atoms with van der Waals surface area (Å²) in [6.45, 7) is 6.53. The minimum Gasteiger partial charge on any atom is -0.478 e. The van der Waals surface area contributed by atoms with Crippen LogP contribution in [0.1, 0.15) is 36.8 Å². The van der Waals surface area contributed by atoms with Gasteiger partial charge in [0, 0.05) is 11.8 Å². The molecular formula is C12H17NO3. The molecule has 88 valence electrons. The Morgan fingerprint density at radius 2 is 2.19 bits per heavy atom. The van der Waals surface area contributed by atoms with E-state index in [1.165, 1.54) is 6.07 Å². The number of aromatic carboxylic acids is 1. The van der Waals surface area contributed by atoms with Crippen LogP contribution in [0.4, 0.5) is 0 Å². The van der Waals surface area contributed by atoms with Gasteiger partial charge in [0.1, 0.15) is 0 Å². The highest BCUT2D eigenvalue weighted by Crippen LogP contribution is 2.14. The first-order chi connectivity index (χ1) is 7.52. The topological polar surface area (TPSA) is 59.4 Å². The molecule has 0 aliphatic carbocycles. The van der Waals surface area contributed by atoms with Gasteiger partial charge in [0.2, 0.25) is 5.88 Å². The Kier molecular flexibility index (Phi) is 4.28. The van der Waals surface area contributed by atoms with Crippen molar-refractivity contribution in [2.24, 2.45) is 5.92 Å². The van der Waals surface area contributed by atoms with Gasteiger partial charge in [-0.25, -0.2) is 9.78 Å². The molecule has 1 heterocycles. The first-order valence-electron chi connectivity index (χ1n) is 5.40. The van der Waals surface area contributed by atoms with Gasteiger partial charge in [0.25, 0.3) is 0 Å².